The molecule has 6 rings (SSSR count). The molecule has 0 radical (unpaired) electrons. The second kappa shape index (κ2) is 9.40. The largest absolute Gasteiger partial charge is 0.492 e. The number of likely N-dealkylation sites (tertiary alicyclic amines) is 1. The summed E-state index contributed by atoms with van der Waals surface area (Å²) >= 11 is 0. The van der Waals surface area contributed by atoms with Crippen LogP contribution < -0.4 is 4.74 Å². The van der Waals surface area contributed by atoms with Crippen molar-refractivity contribution in [3.05, 3.63) is 65.9 Å². The van der Waals surface area contributed by atoms with Crippen LogP contribution >= 0.6 is 0 Å². The SMILES string of the molecule is O=C1CCCN1CCOc1cccc(C(=O)N2C3CCC2CC(Cc2cccc4occc24)C3)c1. The number of carbonyl (C=O) groups is 2. The lowest BCUT2D eigenvalue weighted by molar-refractivity contribution is -0.128. The van der Waals surface area contributed by atoms with Gasteiger partial charge in [-0.2, -0.15) is 0 Å². The Bertz CT molecular complexity index is 1220. The highest BCUT2D eigenvalue weighted by Gasteiger charge is 2.43. The molecule has 1 aromatic heterocycles. The van der Waals surface area contributed by atoms with E-state index in [2.05, 4.69) is 23.1 Å². The summed E-state index contributed by atoms with van der Waals surface area (Å²) in [7, 11) is 0. The highest BCUT2D eigenvalue weighted by Crippen LogP contribution is 2.41. The van der Waals surface area contributed by atoms with Crippen molar-refractivity contribution in [1.29, 1.82) is 0 Å². The van der Waals surface area contributed by atoms with Crippen LogP contribution in [0.3, 0.4) is 0 Å². The van der Waals surface area contributed by atoms with Crippen molar-refractivity contribution in [3.8, 4) is 5.75 Å². The Morgan fingerprint density at radius 2 is 1.89 bits per heavy atom. The molecule has 3 aliphatic heterocycles. The first kappa shape index (κ1) is 22.2. The summed E-state index contributed by atoms with van der Waals surface area (Å²) in [5, 5.41) is 1.21. The average Bonchev–Trinajstić information content (AvgIpc) is 3.57. The lowest BCUT2D eigenvalue weighted by Gasteiger charge is -2.39. The number of hydrogen-bond donors (Lipinski definition) is 0. The van der Waals surface area contributed by atoms with Gasteiger partial charge < -0.3 is 19.0 Å². The number of fused-ring (bicyclic) bond motifs is 3. The Hall–Kier alpha value is -3.28. The smallest absolute Gasteiger partial charge is 0.254 e. The lowest BCUT2D eigenvalue weighted by Crippen LogP contribution is -2.46. The molecule has 0 spiro atoms. The monoisotopic (exact) mass is 472 g/mol. The summed E-state index contributed by atoms with van der Waals surface area (Å²) < 4.78 is 11.5. The third-order valence-electron chi connectivity index (χ3n) is 8.04. The molecule has 0 N–H and O–H groups in total. The van der Waals surface area contributed by atoms with Gasteiger partial charge in [-0.15, -0.1) is 0 Å². The van der Waals surface area contributed by atoms with Crippen molar-refractivity contribution in [1.82, 2.24) is 9.80 Å². The maximum absolute atomic E-state index is 13.5. The Labute approximate surface area is 205 Å². The van der Waals surface area contributed by atoms with Crippen LogP contribution in [0.4, 0.5) is 0 Å². The second-order valence-corrected chi connectivity index (χ2v) is 10.2. The maximum atomic E-state index is 13.5. The number of piperidine rings is 1. The van der Waals surface area contributed by atoms with Gasteiger partial charge in [-0.05, 0) is 80.3 Å². The summed E-state index contributed by atoms with van der Waals surface area (Å²) in [4.78, 5) is 29.3. The number of benzene rings is 2. The van der Waals surface area contributed by atoms with Gasteiger partial charge in [-0.3, -0.25) is 9.59 Å². The fraction of sp³-hybridized carbons (Fsp3) is 0.448. The molecular weight excluding hydrogens is 440 g/mol. The highest BCUT2D eigenvalue weighted by molar-refractivity contribution is 5.95. The van der Waals surface area contributed by atoms with Crippen molar-refractivity contribution in [2.24, 2.45) is 5.92 Å². The number of amides is 2. The van der Waals surface area contributed by atoms with Crippen LogP contribution in [0.1, 0.15) is 54.4 Å². The second-order valence-electron chi connectivity index (χ2n) is 10.2. The molecule has 2 bridgehead atoms. The van der Waals surface area contributed by atoms with E-state index in [1.165, 1.54) is 10.9 Å². The van der Waals surface area contributed by atoms with Crippen molar-refractivity contribution >= 4 is 22.8 Å². The van der Waals surface area contributed by atoms with Crippen molar-refractivity contribution in [3.63, 3.8) is 0 Å². The van der Waals surface area contributed by atoms with Gasteiger partial charge in [0.2, 0.25) is 5.91 Å². The number of carbonyl (C=O) groups excluding carboxylic acids is 2. The fourth-order valence-electron chi connectivity index (χ4n) is 6.42. The van der Waals surface area contributed by atoms with Crippen molar-refractivity contribution in [2.45, 2.75) is 57.0 Å². The van der Waals surface area contributed by atoms with Gasteiger partial charge in [0, 0.05) is 36.0 Å². The van der Waals surface area contributed by atoms with Gasteiger partial charge in [-0.25, -0.2) is 0 Å². The third-order valence-corrected chi connectivity index (χ3v) is 8.04. The zero-order chi connectivity index (χ0) is 23.8. The topological polar surface area (TPSA) is 63.0 Å². The number of rotatable bonds is 7. The minimum Gasteiger partial charge on any atom is -0.492 e. The van der Waals surface area contributed by atoms with Gasteiger partial charge in [0.25, 0.3) is 5.91 Å². The summed E-state index contributed by atoms with van der Waals surface area (Å²) in [6.45, 7) is 1.86. The molecule has 3 aromatic rings. The molecule has 2 aromatic carbocycles. The van der Waals surface area contributed by atoms with Crippen LogP contribution in [0.5, 0.6) is 5.75 Å². The van der Waals surface area contributed by atoms with E-state index in [1.54, 1.807) is 6.26 Å². The molecular formula is C29H32N2O4. The molecule has 2 unspecified atom stereocenters. The average molecular weight is 473 g/mol. The Morgan fingerprint density at radius 1 is 1.06 bits per heavy atom. The number of ether oxygens (including phenoxy) is 1. The van der Waals surface area contributed by atoms with Crippen LogP contribution in [0.15, 0.2) is 59.2 Å². The molecule has 2 amide bonds. The fourth-order valence-corrected chi connectivity index (χ4v) is 6.42. The minimum atomic E-state index is 0.119. The maximum Gasteiger partial charge on any atom is 0.254 e. The first-order valence-corrected chi connectivity index (χ1v) is 12.9. The Morgan fingerprint density at radius 3 is 2.69 bits per heavy atom. The van der Waals surface area contributed by atoms with Crippen molar-refractivity contribution in [2.75, 3.05) is 19.7 Å². The van der Waals surface area contributed by atoms with E-state index in [0.717, 1.165) is 50.7 Å². The van der Waals surface area contributed by atoms with E-state index < -0.39 is 0 Å². The molecule has 3 saturated heterocycles. The van der Waals surface area contributed by atoms with Crippen LogP contribution in [0.2, 0.25) is 0 Å². The summed E-state index contributed by atoms with van der Waals surface area (Å²) in [5.41, 5.74) is 2.99. The quantitative estimate of drug-likeness (QED) is 0.482. The lowest BCUT2D eigenvalue weighted by atomic mass is 9.85. The highest BCUT2D eigenvalue weighted by atomic mass is 16.5. The zero-order valence-electron chi connectivity index (χ0n) is 20.0. The minimum absolute atomic E-state index is 0.119. The molecule has 0 aliphatic carbocycles. The van der Waals surface area contributed by atoms with Gasteiger partial charge >= 0.3 is 0 Å². The Kier molecular flexibility index (Phi) is 5.96. The molecule has 6 heteroatoms. The van der Waals surface area contributed by atoms with E-state index in [0.29, 0.717) is 48.9 Å². The van der Waals surface area contributed by atoms with Crippen molar-refractivity contribution < 1.29 is 18.7 Å². The van der Waals surface area contributed by atoms with Gasteiger partial charge in [0.05, 0.1) is 12.8 Å². The first-order chi connectivity index (χ1) is 17.2. The summed E-state index contributed by atoms with van der Waals surface area (Å²) in [5.74, 6) is 1.60. The predicted octanol–water partition coefficient (Wildman–Crippen LogP) is 5.06. The van der Waals surface area contributed by atoms with Crippen LogP contribution in [0.25, 0.3) is 11.0 Å². The molecule has 35 heavy (non-hydrogen) atoms. The van der Waals surface area contributed by atoms with Gasteiger partial charge in [0.1, 0.15) is 17.9 Å². The first-order valence-electron chi connectivity index (χ1n) is 12.9. The summed E-state index contributed by atoms with van der Waals surface area (Å²) in [6.07, 6.45) is 8.65. The van der Waals surface area contributed by atoms with E-state index in [9.17, 15) is 9.59 Å². The van der Waals surface area contributed by atoms with E-state index in [4.69, 9.17) is 9.15 Å². The standard InChI is InChI=1S/C29H32N2O4/c32-28-8-3-12-30(28)13-15-34-25-6-1-5-22(19-25)29(33)31-23-9-10-24(31)18-20(17-23)16-21-4-2-7-27-26(21)11-14-35-27/h1-2,4-7,11,14,19-20,23-24H,3,8-10,12-13,15-18H2. The van der Waals surface area contributed by atoms with Crippen LogP contribution in [0, 0.1) is 5.92 Å². The molecule has 3 fully saturated rings. The Balaban J connectivity index is 1.09. The summed E-state index contributed by atoms with van der Waals surface area (Å²) in [6, 6.07) is 16.5. The number of nitrogens with zero attached hydrogens (tertiary/aromatic N) is 2. The van der Waals surface area contributed by atoms with Gasteiger partial charge in [-0.1, -0.05) is 18.2 Å². The zero-order valence-corrected chi connectivity index (χ0v) is 20.0. The van der Waals surface area contributed by atoms with E-state index >= 15 is 0 Å². The molecule has 0 saturated carbocycles. The van der Waals surface area contributed by atoms with Gasteiger partial charge in [0.15, 0.2) is 0 Å². The molecule has 182 valence electrons. The number of hydrogen-bond acceptors (Lipinski definition) is 4. The molecule has 4 heterocycles. The van der Waals surface area contributed by atoms with E-state index in [-0.39, 0.29) is 11.8 Å². The van der Waals surface area contributed by atoms with E-state index in [1.807, 2.05) is 35.2 Å². The van der Waals surface area contributed by atoms with Crippen LogP contribution in [-0.2, 0) is 11.2 Å². The third kappa shape index (κ3) is 4.42. The molecule has 2 atom stereocenters. The molecule has 3 aliphatic rings. The molecule has 6 nitrogen and oxygen atoms in total. The predicted molar refractivity (Wildman–Crippen MR) is 133 cm³/mol. The normalized spacial score (nSPS) is 23.9. The van der Waals surface area contributed by atoms with Crippen LogP contribution in [-0.4, -0.2) is 53.4 Å². The number of furan rings is 1.